The molecule has 2 aromatic heterocycles. The molecular weight excluding hydrogens is 287 g/mol. The van der Waals surface area contributed by atoms with Crippen LogP contribution in [-0.2, 0) is 6.42 Å². The van der Waals surface area contributed by atoms with Gasteiger partial charge in [-0.2, -0.15) is 9.61 Å². The average Bonchev–Trinajstić information content (AvgIpc) is 2.87. The molecule has 22 heavy (non-hydrogen) atoms. The number of carbonyl (C=O) groups is 1. The minimum absolute atomic E-state index is 0.0283. The maximum atomic E-state index is 13.1. The third-order valence-electron chi connectivity index (χ3n) is 3.35. The number of carbonyl (C=O) groups excluding carboxylic acids is 1. The number of nitrogens with zero attached hydrogens (tertiary/aromatic N) is 4. The smallest absolute Gasteiger partial charge is 0.273 e. The van der Waals surface area contributed by atoms with Crippen molar-refractivity contribution in [2.45, 2.75) is 13.3 Å². The van der Waals surface area contributed by atoms with Crippen molar-refractivity contribution in [3.8, 4) is 11.1 Å². The highest BCUT2D eigenvalue weighted by Gasteiger charge is 2.20. The number of nitrogens with two attached hydrogens (primary N) is 2. The Hall–Kier alpha value is -3.03. The van der Waals surface area contributed by atoms with Crippen molar-refractivity contribution >= 4 is 17.4 Å². The third-order valence-corrected chi connectivity index (χ3v) is 3.35. The van der Waals surface area contributed by atoms with E-state index in [4.69, 9.17) is 11.5 Å². The Kier molecular flexibility index (Phi) is 3.21. The van der Waals surface area contributed by atoms with E-state index in [0.717, 1.165) is 5.56 Å². The average molecular weight is 300 g/mol. The second-order valence-electron chi connectivity index (χ2n) is 4.72. The molecule has 8 heteroatoms. The van der Waals surface area contributed by atoms with E-state index in [0.29, 0.717) is 23.3 Å². The van der Waals surface area contributed by atoms with Crippen molar-refractivity contribution in [2.75, 3.05) is 5.73 Å². The molecule has 0 fully saturated rings. The SMILES string of the molecule is CCc1nn2c(N)c(C(N)=O)nnc2c1-c1ccc(F)cc1. The first kappa shape index (κ1) is 13.9. The number of anilines is 1. The van der Waals surface area contributed by atoms with E-state index in [9.17, 15) is 9.18 Å². The van der Waals surface area contributed by atoms with Gasteiger partial charge in [-0.25, -0.2) is 4.39 Å². The molecule has 0 aliphatic carbocycles. The van der Waals surface area contributed by atoms with Crippen LogP contribution in [0.5, 0.6) is 0 Å². The van der Waals surface area contributed by atoms with Gasteiger partial charge in [0.05, 0.1) is 11.3 Å². The van der Waals surface area contributed by atoms with Crippen molar-refractivity contribution in [3.63, 3.8) is 0 Å². The van der Waals surface area contributed by atoms with Gasteiger partial charge < -0.3 is 11.5 Å². The number of aromatic nitrogens is 4. The number of fused-ring (bicyclic) bond motifs is 1. The number of halogens is 1. The van der Waals surface area contributed by atoms with Crippen molar-refractivity contribution in [1.82, 2.24) is 19.8 Å². The molecule has 0 aliphatic rings. The second kappa shape index (κ2) is 5.06. The van der Waals surface area contributed by atoms with Crippen molar-refractivity contribution in [3.05, 3.63) is 41.5 Å². The number of hydrogen-bond acceptors (Lipinski definition) is 5. The second-order valence-corrected chi connectivity index (χ2v) is 4.72. The lowest BCUT2D eigenvalue weighted by atomic mass is 10.0. The fraction of sp³-hybridized carbons (Fsp3) is 0.143. The van der Waals surface area contributed by atoms with E-state index >= 15 is 0 Å². The summed E-state index contributed by atoms with van der Waals surface area (Å²) in [5.74, 6) is -1.08. The molecule has 0 unspecified atom stereocenters. The number of aryl methyl sites for hydroxylation is 1. The topological polar surface area (TPSA) is 112 Å². The third kappa shape index (κ3) is 2.05. The van der Waals surface area contributed by atoms with Crippen LogP contribution >= 0.6 is 0 Å². The van der Waals surface area contributed by atoms with E-state index in [-0.39, 0.29) is 17.3 Å². The maximum absolute atomic E-state index is 13.1. The van der Waals surface area contributed by atoms with Gasteiger partial charge in [-0.15, -0.1) is 10.2 Å². The van der Waals surface area contributed by atoms with Gasteiger partial charge in [-0.3, -0.25) is 4.79 Å². The molecule has 0 bridgehead atoms. The predicted molar refractivity (Wildman–Crippen MR) is 78.5 cm³/mol. The van der Waals surface area contributed by atoms with Crippen LogP contribution in [0.25, 0.3) is 16.8 Å². The monoisotopic (exact) mass is 300 g/mol. The van der Waals surface area contributed by atoms with Crippen LogP contribution in [0.4, 0.5) is 10.2 Å². The summed E-state index contributed by atoms with van der Waals surface area (Å²) < 4.78 is 14.4. The van der Waals surface area contributed by atoms with Gasteiger partial charge in [0.1, 0.15) is 5.82 Å². The van der Waals surface area contributed by atoms with E-state index in [1.807, 2.05) is 6.92 Å². The lowest BCUT2D eigenvalue weighted by Crippen LogP contribution is -2.19. The highest BCUT2D eigenvalue weighted by atomic mass is 19.1. The summed E-state index contributed by atoms with van der Waals surface area (Å²) in [5, 5.41) is 12.1. The summed E-state index contributed by atoms with van der Waals surface area (Å²) in [4.78, 5) is 11.3. The number of benzene rings is 1. The molecule has 0 saturated heterocycles. The highest BCUT2D eigenvalue weighted by Crippen LogP contribution is 2.29. The number of amides is 1. The largest absolute Gasteiger partial charge is 0.382 e. The molecular formula is C14H13FN6O. The molecule has 3 aromatic rings. The molecule has 0 atom stereocenters. The molecule has 1 aromatic carbocycles. The van der Waals surface area contributed by atoms with Crippen molar-refractivity contribution < 1.29 is 9.18 Å². The van der Waals surface area contributed by atoms with Crippen LogP contribution in [-0.4, -0.2) is 25.7 Å². The van der Waals surface area contributed by atoms with Gasteiger partial charge in [-0.1, -0.05) is 19.1 Å². The van der Waals surface area contributed by atoms with Crippen LogP contribution in [0.1, 0.15) is 23.1 Å². The van der Waals surface area contributed by atoms with Crippen LogP contribution in [0, 0.1) is 5.82 Å². The molecule has 3 rings (SSSR count). The first-order valence-electron chi connectivity index (χ1n) is 6.62. The van der Waals surface area contributed by atoms with Gasteiger partial charge in [0.2, 0.25) is 0 Å². The summed E-state index contributed by atoms with van der Waals surface area (Å²) in [5.41, 5.74) is 13.5. The zero-order valence-corrected chi connectivity index (χ0v) is 11.7. The number of nitrogen functional groups attached to an aromatic ring is 1. The predicted octanol–water partition coefficient (Wildman–Crippen LogP) is 1.17. The summed E-state index contributed by atoms with van der Waals surface area (Å²) in [6.07, 6.45) is 0.613. The highest BCUT2D eigenvalue weighted by molar-refractivity contribution is 5.95. The van der Waals surface area contributed by atoms with Crippen LogP contribution < -0.4 is 11.5 Å². The van der Waals surface area contributed by atoms with Crippen LogP contribution in [0.15, 0.2) is 24.3 Å². The quantitative estimate of drug-likeness (QED) is 0.754. The minimum atomic E-state index is -0.774. The summed E-state index contributed by atoms with van der Waals surface area (Å²) >= 11 is 0. The first-order chi connectivity index (χ1) is 10.5. The lowest BCUT2D eigenvalue weighted by Gasteiger charge is -2.03. The van der Waals surface area contributed by atoms with Crippen molar-refractivity contribution in [1.29, 1.82) is 0 Å². The molecule has 0 radical (unpaired) electrons. The zero-order valence-electron chi connectivity index (χ0n) is 11.7. The minimum Gasteiger partial charge on any atom is -0.382 e. The van der Waals surface area contributed by atoms with Crippen LogP contribution in [0.2, 0.25) is 0 Å². The lowest BCUT2D eigenvalue weighted by molar-refractivity contribution is 0.0995. The Morgan fingerprint density at radius 2 is 1.95 bits per heavy atom. The van der Waals surface area contributed by atoms with E-state index in [2.05, 4.69) is 15.3 Å². The van der Waals surface area contributed by atoms with E-state index in [1.54, 1.807) is 12.1 Å². The van der Waals surface area contributed by atoms with E-state index in [1.165, 1.54) is 16.6 Å². The standard InChI is InChI=1S/C14H13FN6O/c1-2-9-10(7-3-5-8(15)6-4-7)14-19-18-11(13(17)22)12(16)21(14)20-9/h3-6H,2,16H2,1H3,(H2,17,22). The molecule has 0 saturated carbocycles. The van der Waals surface area contributed by atoms with Crippen molar-refractivity contribution in [2.24, 2.45) is 5.73 Å². The summed E-state index contributed by atoms with van der Waals surface area (Å²) in [7, 11) is 0. The fourth-order valence-electron chi connectivity index (χ4n) is 2.30. The number of rotatable bonds is 3. The number of hydrogen-bond donors (Lipinski definition) is 2. The Bertz CT molecular complexity index is 871. The Labute approximate surface area is 124 Å². The number of primary amides is 1. The maximum Gasteiger partial charge on any atom is 0.273 e. The molecule has 1 amide bonds. The summed E-state index contributed by atoms with van der Waals surface area (Å²) in [6.45, 7) is 1.92. The molecule has 0 aliphatic heterocycles. The van der Waals surface area contributed by atoms with Gasteiger partial charge in [0.25, 0.3) is 5.91 Å². The van der Waals surface area contributed by atoms with Gasteiger partial charge in [0.15, 0.2) is 17.2 Å². The molecule has 4 N–H and O–H groups in total. The zero-order chi connectivity index (χ0) is 15.9. The molecule has 2 heterocycles. The fourth-order valence-corrected chi connectivity index (χ4v) is 2.30. The summed E-state index contributed by atoms with van der Waals surface area (Å²) in [6, 6.07) is 5.97. The molecule has 0 spiro atoms. The Morgan fingerprint density at radius 3 is 2.55 bits per heavy atom. The first-order valence-corrected chi connectivity index (χ1v) is 6.62. The Balaban J connectivity index is 2.32. The molecule has 7 nitrogen and oxygen atoms in total. The van der Waals surface area contributed by atoms with Gasteiger partial charge >= 0.3 is 0 Å². The van der Waals surface area contributed by atoms with Gasteiger partial charge in [-0.05, 0) is 24.1 Å². The molecule has 112 valence electrons. The normalized spacial score (nSPS) is 11.0. The Morgan fingerprint density at radius 1 is 1.27 bits per heavy atom. The van der Waals surface area contributed by atoms with Gasteiger partial charge in [0, 0.05) is 0 Å². The van der Waals surface area contributed by atoms with Crippen LogP contribution in [0.3, 0.4) is 0 Å². The van der Waals surface area contributed by atoms with E-state index < -0.39 is 5.91 Å².